The number of benzene rings is 1. The van der Waals surface area contributed by atoms with E-state index in [0.717, 1.165) is 5.69 Å². The molecule has 1 unspecified atom stereocenters. The third-order valence-electron chi connectivity index (χ3n) is 1.99. The molecule has 0 spiro atoms. The average molecular weight is 177 g/mol. The van der Waals surface area contributed by atoms with Crippen LogP contribution in [0.4, 0.5) is 5.69 Å². The van der Waals surface area contributed by atoms with Crippen LogP contribution in [-0.4, -0.2) is 11.8 Å². The summed E-state index contributed by atoms with van der Waals surface area (Å²) in [6, 6.07) is 9.68. The molecule has 2 nitrogen and oxygen atoms in total. The van der Waals surface area contributed by atoms with Crippen LogP contribution in [0.15, 0.2) is 30.3 Å². The van der Waals surface area contributed by atoms with E-state index in [1.807, 2.05) is 44.2 Å². The van der Waals surface area contributed by atoms with Crippen molar-refractivity contribution in [1.29, 1.82) is 0 Å². The molecule has 0 heterocycles. The normalized spacial score (nSPS) is 12.2. The Hall–Kier alpha value is -1.31. The van der Waals surface area contributed by atoms with Crippen molar-refractivity contribution in [3.8, 4) is 0 Å². The molecule has 0 aliphatic carbocycles. The maximum atomic E-state index is 11.3. The van der Waals surface area contributed by atoms with E-state index in [0.29, 0.717) is 6.42 Å². The second-order valence-electron chi connectivity index (χ2n) is 3.05. The lowest BCUT2D eigenvalue weighted by Gasteiger charge is -2.12. The van der Waals surface area contributed by atoms with Crippen LogP contribution in [0.3, 0.4) is 0 Å². The Morgan fingerprint density at radius 2 is 2.00 bits per heavy atom. The molecule has 1 aromatic rings. The molecule has 1 atom stereocenters. The van der Waals surface area contributed by atoms with Gasteiger partial charge >= 0.3 is 0 Å². The van der Waals surface area contributed by atoms with Crippen LogP contribution in [-0.2, 0) is 4.79 Å². The minimum Gasteiger partial charge on any atom is -0.376 e. The summed E-state index contributed by atoms with van der Waals surface area (Å²) in [4.78, 5) is 11.3. The molecule has 1 rings (SSSR count). The third kappa shape index (κ3) is 2.90. The third-order valence-corrected chi connectivity index (χ3v) is 1.99. The van der Waals surface area contributed by atoms with Gasteiger partial charge < -0.3 is 5.32 Å². The molecule has 2 heteroatoms. The van der Waals surface area contributed by atoms with Crippen molar-refractivity contribution in [2.24, 2.45) is 0 Å². The summed E-state index contributed by atoms with van der Waals surface area (Å²) in [6.07, 6.45) is 0.584. The molecule has 13 heavy (non-hydrogen) atoms. The number of carbonyl (C=O) groups is 1. The molecule has 0 saturated carbocycles. The number of para-hydroxylation sites is 1. The number of carbonyl (C=O) groups excluding carboxylic acids is 1. The van der Waals surface area contributed by atoms with Crippen molar-refractivity contribution in [2.75, 3.05) is 5.32 Å². The van der Waals surface area contributed by atoms with E-state index in [9.17, 15) is 4.79 Å². The van der Waals surface area contributed by atoms with Crippen molar-refractivity contribution in [3.05, 3.63) is 30.3 Å². The minimum atomic E-state index is -0.0904. The first kappa shape index (κ1) is 9.78. The Morgan fingerprint density at radius 3 is 2.54 bits per heavy atom. The van der Waals surface area contributed by atoms with Gasteiger partial charge in [0.2, 0.25) is 0 Å². The van der Waals surface area contributed by atoms with Crippen LogP contribution in [0.1, 0.15) is 20.3 Å². The quantitative estimate of drug-likeness (QED) is 0.765. The summed E-state index contributed by atoms with van der Waals surface area (Å²) in [5, 5.41) is 3.14. The fourth-order valence-electron chi connectivity index (χ4n) is 1.17. The summed E-state index contributed by atoms with van der Waals surface area (Å²) >= 11 is 0. The summed E-state index contributed by atoms with van der Waals surface area (Å²) in [5.74, 6) is 0.240. The van der Waals surface area contributed by atoms with Gasteiger partial charge in [0.1, 0.15) is 0 Å². The minimum absolute atomic E-state index is 0.0904. The fraction of sp³-hybridized carbons (Fsp3) is 0.364. The number of rotatable bonds is 4. The molecule has 0 saturated heterocycles. The van der Waals surface area contributed by atoms with E-state index in [-0.39, 0.29) is 11.8 Å². The predicted molar refractivity (Wildman–Crippen MR) is 54.8 cm³/mol. The Kier molecular flexibility index (Phi) is 3.50. The van der Waals surface area contributed by atoms with Gasteiger partial charge in [-0.25, -0.2) is 0 Å². The first-order chi connectivity index (χ1) is 6.24. The molecule has 0 amide bonds. The van der Waals surface area contributed by atoms with Gasteiger partial charge in [-0.2, -0.15) is 0 Å². The van der Waals surface area contributed by atoms with Crippen LogP contribution >= 0.6 is 0 Å². The monoisotopic (exact) mass is 177 g/mol. The summed E-state index contributed by atoms with van der Waals surface area (Å²) in [6.45, 7) is 3.77. The number of anilines is 1. The van der Waals surface area contributed by atoms with E-state index in [2.05, 4.69) is 5.32 Å². The van der Waals surface area contributed by atoms with Gasteiger partial charge in [-0.15, -0.1) is 0 Å². The van der Waals surface area contributed by atoms with Crippen LogP contribution in [0.5, 0.6) is 0 Å². The molecule has 0 fully saturated rings. The summed E-state index contributed by atoms with van der Waals surface area (Å²) in [7, 11) is 0. The van der Waals surface area contributed by atoms with Crippen LogP contribution < -0.4 is 5.32 Å². The maximum Gasteiger partial charge on any atom is 0.154 e. The lowest BCUT2D eigenvalue weighted by atomic mass is 10.1. The first-order valence-electron chi connectivity index (χ1n) is 4.58. The number of hydrogen-bond donors (Lipinski definition) is 1. The van der Waals surface area contributed by atoms with Crippen molar-refractivity contribution < 1.29 is 4.79 Å². The standard InChI is InChI=1S/C11H15NO/c1-3-11(13)9(2)12-10-7-5-4-6-8-10/h4-9,12H,3H2,1-2H3. The number of hydrogen-bond acceptors (Lipinski definition) is 2. The summed E-state index contributed by atoms with van der Waals surface area (Å²) in [5.41, 5.74) is 0.997. The second kappa shape index (κ2) is 4.65. The summed E-state index contributed by atoms with van der Waals surface area (Å²) < 4.78 is 0. The average Bonchev–Trinajstić information content (AvgIpc) is 2.18. The van der Waals surface area contributed by atoms with Gasteiger partial charge in [-0.1, -0.05) is 25.1 Å². The maximum absolute atomic E-state index is 11.3. The smallest absolute Gasteiger partial charge is 0.154 e. The number of nitrogens with one attached hydrogen (secondary N) is 1. The number of ketones is 1. The molecular weight excluding hydrogens is 162 g/mol. The van der Waals surface area contributed by atoms with Gasteiger partial charge in [0.05, 0.1) is 6.04 Å². The molecule has 70 valence electrons. The van der Waals surface area contributed by atoms with Gasteiger partial charge in [0.15, 0.2) is 5.78 Å². The SMILES string of the molecule is CCC(=O)C(C)Nc1ccccc1. The van der Waals surface area contributed by atoms with Crippen molar-refractivity contribution in [1.82, 2.24) is 0 Å². The Bertz CT molecular complexity index is 269. The number of Topliss-reactive ketones (excluding diaryl/α,β-unsaturated/α-hetero) is 1. The Morgan fingerprint density at radius 1 is 1.38 bits per heavy atom. The molecule has 1 N–H and O–H groups in total. The molecule has 1 aromatic carbocycles. The zero-order valence-corrected chi connectivity index (χ0v) is 8.08. The van der Waals surface area contributed by atoms with Crippen molar-refractivity contribution >= 4 is 11.5 Å². The van der Waals surface area contributed by atoms with Gasteiger partial charge in [0, 0.05) is 12.1 Å². The highest BCUT2D eigenvalue weighted by atomic mass is 16.1. The van der Waals surface area contributed by atoms with Crippen molar-refractivity contribution in [2.45, 2.75) is 26.3 Å². The second-order valence-corrected chi connectivity index (χ2v) is 3.05. The van der Waals surface area contributed by atoms with E-state index < -0.39 is 0 Å². The van der Waals surface area contributed by atoms with Gasteiger partial charge in [-0.05, 0) is 19.1 Å². The highest BCUT2D eigenvalue weighted by Crippen LogP contribution is 2.07. The largest absolute Gasteiger partial charge is 0.376 e. The Labute approximate surface area is 79.0 Å². The molecule has 0 radical (unpaired) electrons. The Balaban J connectivity index is 2.55. The van der Waals surface area contributed by atoms with E-state index >= 15 is 0 Å². The van der Waals surface area contributed by atoms with Gasteiger partial charge in [-0.3, -0.25) is 4.79 Å². The lowest BCUT2D eigenvalue weighted by molar-refractivity contribution is -0.119. The van der Waals surface area contributed by atoms with Crippen molar-refractivity contribution in [3.63, 3.8) is 0 Å². The van der Waals surface area contributed by atoms with E-state index in [4.69, 9.17) is 0 Å². The molecule has 0 bridgehead atoms. The zero-order valence-electron chi connectivity index (χ0n) is 8.08. The zero-order chi connectivity index (χ0) is 9.68. The fourth-order valence-corrected chi connectivity index (χ4v) is 1.17. The highest BCUT2D eigenvalue weighted by Gasteiger charge is 2.08. The molecule has 0 aromatic heterocycles. The molecular formula is C11H15NO. The predicted octanol–water partition coefficient (Wildman–Crippen LogP) is 2.47. The topological polar surface area (TPSA) is 29.1 Å². The molecule has 0 aliphatic rings. The van der Waals surface area contributed by atoms with Gasteiger partial charge in [0.25, 0.3) is 0 Å². The van der Waals surface area contributed by atoms with E-state index in [1.54, 1.807) is 0 Å². The van der Waals surface area contributed by atoms with E-state index in [1.165, 1.54) is 0 Å². The van der Waals surface area contributed by atoms with Crippen LogP contribution in [0, 0.1) is 0 Å². The first-order valence-corrected chi connectivity index (χ1v) is 4.58. The van der Waals surface area contributed by atoms with Crippen LogP contribution in [0.2, 0.25) is 0 Å². The van der Waals surface area contributed by atoms with Crippen LogP contribution in [0.25, 0.3) is 0 Å². The highest BCUT2D eigenvalue weighted by molar-refractivity contribution is 5.85. The molecule has 0 aliphatic heterocycles. The lowest BCUT2D eigenvalue weighted by Crippen LogP contribution is -2.25.